The highest BCUT2D eigenvalue weighted by Crippen LogP contribution is 2.36. The van der Waals surface area contributed by atoms with E-state index >= 15 is 0 Å². The van der Waals surface area contributed by atoms with E-state index in [0.717, 1.165) is 23.4 Å². The summed E-state index contributed by atoms with van der Waals surface area (Å²) in [7, 11) is 0. The molecule has 1 N–H and O–H groups in total. The highest BCUT2D eigenvalue weighted by atomic mass is 32.2. The molecule has 1 aromatic heterocycles. The lowest BCUT2D eigenvalue weighted by Crippen LogP contribution is -2.31. The number of hydrogen-bond donors (Lipinski definition) is 1. The number of nitrogens with one attached hydrogen (secondary N) is 1. The van der Waals surface area contributed by atoms with Crippen LogP contribution in [0, 0.1) is 5.92 Å². The van der Waals surface area contributed by atoms with E-state index in [1.165, 1.54) is 32.2 Å². The van der Waals surface area contributed by atoms with Gasteiger partial charge in [-0.05, 0) is 55.1 Å². The van der Waals surface area contributed by atoms with Crippen molar-refractivity contribution in [2.24, 2.45) is 5.92 Å². The molecule has 0 radical (unpaired) electrons. The largest absolute Gasteiger partial charge is 0.316 e. The van der Waals surface area contributed by atoms with Crippen LogP contribution in [0.3, 0.4) is 0 Å². The van der Waals surface area contributed by atoms with Gasteiger partial charge in [0.1, 0.15) is 0 Å². The fourth-order valence-electron chi connectivity index (χ4n) is 2.09. The van der Waals surface area contributed by atoms with Crippen molar-refractivity contribution >= 4 is 11.8 Å². The second kappa shape index (κ2) is 4.71. The predicted molar refractivity (Wildman–Crippen MR) is 62.4 cm³/mol. The highest BCUT2D eigenvalue weighted by Gasteiger charge is 2.28. The molecule has 0 bridgehead atoms. The molecule has 1 aliphatic carbocycles. The third kappa shape index (κ3) is 2.38. The maximum atomic E-state index is 4.11. The van der Waals surface area contributed by atoms with Crippen LogP contribution in [0.25, 0.3) is 0 Å². The Kier molecular flexibility index (Phi) is 3.10. The monoisotopic (exact) mass is 239 g/mol. The number of nitrogens with zero attached hydrogens (tertiary/aromatic N) is 4. The second-order valence-corrected chi connectivity index (χ2v) is 5.65. The van der Waals surface area contributed by atoms with E-state index in [9.17, 15) is 0 Å². The summed E-state index contributed by atoms with van der Waals surface area (Å²) in [6.07, 6.45) is 5.12. The fourth-order valence-corrected chi connectivity index (χ4v) is 3.17. The van der Waals surface area contributed by atoms with Gasteiger partial charge in [-0.2, -0.15) is 0 Å². The Morgan fingerprint density at radius 3 is 3.06 bits per heavy atom. The van der Waals surface area contributed by atoms with Gasteiger partial charge in [0.2, 0.25) is 5.16 Å². The van der Waals surface area contributed by atoms with Crippen molar-refractivity contribution in [3.8, 4) is 0 Å². The van der Waals surface area contributed by atoms with Crippen LogP contribution in [0.4, 0.5) is 0 Å². The molecule has 1 aromatic rings. The molecule has 0 aromatic carbocycles. The van der Waals surface area contributed by atoms with Crippen LogP contribution in [0.15, 0.2) is 5.16 Å². The van der Waals surface area contributed by atoms with Crippen molar-refractivity contribution in [2.75, 3.05) is 18.8 Å². The van der Waals surface area contributed by atoms with Crippen molar-refractivity contribution in [1.82, 2.24) is 25.5 Å². The SMILES string of the molecule is C1CNCC(CSc2nnnn2C2CC2)C1. The predicted octanol–water partition coefficient (Wildman–Crippen LogP) is 1.10. The molecule has 2 fully saturated rings. The van der Waals surface area contributed by atoms with Gasteiger partial charge >= 0.3 is 0 Å². The molecule has 16 heavy (non-hydrogen) atoms. The molecular weight excluding hydrogens is 222 g/mol. The number of rotatable bonds is 4. The van der Waals surface area contributed by atoms with E-state index in [0.29, 0.717) is 6.04 Å². The van der Waals surface area contributed by atoms with Gasteiger partial charge in [0.05, 0.1) is 6.04 Å². The van der Waals surface area contributed by atoms with Crippen LogP contribution in [0.2, 0.25) is 0 Å². The van der Waals surface area contributed by atoms with Crippen LogP contribution in [-0.2, 0) is 0 Å². The number of aromatic nitrogens is 4. The molecule has 1 unspecified atom stereocenters. The zero-order valence-corrected chi connectivity index (χ0v) is 10.1. The third-order valence-corrected chi connectivity index (χ3v) is 4.37. The molecule has 6 heteroatoms. The summed E-state index contributed by atoms with van der Waals surface area (Å²) in [6, 6.07) is 0.585. The molecule has 88 valence electrons. The zero-order valence-electron chi connectivity index (χ0n) is 9.30. The smallest absolute Gasteiger partial charge is 0.209 e. The number of tetrazole rings is 1. The minimum Gasteiger partial charge on any atom is -0.316 e. The van der Waals surface area contributed by atoms with E-state index < -0.39 is 0 Å². The standard InChI is InChI=1S/C10H17N5S/c1-2-8(6-11-5-1)7-16-10-12-13-14-15(10)9-3-4-9/h8-9,11H,1-7H2. The zero-order chi connectivity index (χ0) is 10.8. The Hall–Kier alpha value is -0.620. The topological polar surface area (TPSA) is 55.6 Å². The Morgan fingerprint density at radius 2 is 2.31 bits per heavy atom. The van der Waals surface area contributed by atoms with Crippen molar-refractivity contribution < 1.29 is 0 Å². The van der Waals surface area contributed by atoms with Crippen molar-refractivity contribution in [2.45, 2.75) is 36.9 Å². The van der Waals surface area contributed by atoms with Gasteiger partial charge in [-0.25, -0.2) is 4.68 Å². The summed E-state index contributed by atoms with van der Waals surface area (Å²) in [5.41, 5.74) is 0. The van der Waals surface area contributed by atoms with E-state index in [-0.39, 0.29) is 0 Å². The van der Waals surface area contributed by atoms with Crippen LogP contribution in [0.1, 0.15) is 31.7 Å². The Bertz CT molecular complexity index is 343. The first kappa shape index (κ1) is 10.5. The summed E-state index contributed by atoms with van der Waals surface area (Å²) < 4.78 is 2.00. The lowest BCUT2D eigenvalue weighted by atomic mass is 10.0. The van der Waals surface area contributed by atoms with E-state index in [2.05, 4.69) is 20.8 Å². The molecule has 1 saturated heterocycles. The lowest BCUT2D eigenvalue weighted by Gasteiger charge is -2.21. The maximum absolute atomic E-state index is 4.11. The first-order valence-electron chi connectivity index (χ1n) is 6.05. The average Bonchev–Trinajstić information content (AvgIpc) is 3.07. The third-order valence-electron chi connectivity index (χ3n) is 3.20. The molecule has 0 amide bonds. The Balaban J connectivity index is 1.54. The minimum absolute atomic E-state index is 0.585. The van der Waals surface area contributed by atoms with Gasteiger partial charge < -0.3 is 5.32 Å². The summed E-state index contributed by atoms with van der Waals surface area (Å²) in [5.74, 6) is 1.92. The summed E-state index contributed by atoms with van der Waals surface area (Å²) in [4.78, 5) is 0. The molecule has 5 nitrogen and oxygen atoms in total. The van der Waals surface area contributed by atoms with Crippen molar-refractivity contribution in [3.05, 3.63) is 0 Å². The maximum Gasteiger partial charge on any atom is 0.209 e. The quantitative estimate of drug-likeness (QED) is 0.797. The number of hydrogen-bond acceptors (Lipinski definition) is 5. The van der Waals surface area contributed by atoms with Gasteiger partial charge in [0.15, 0.2) is 0 Å². The summed E-state index contributed by atoms with van der Waals surface area (Å²) >= 11 is 1.82. The fraction of sp³-hybridized carbons (Fsp3) is 0.900. The number of thioether (sulfide) groups is 1. The summed E-state index contributed by atoms with van der Waals surface area (Å²) in [5, 5.41) is 16.4. The lowest BCUT2D eigenvalue weighted by molar-refractivity contribution is 0.410. The Labute approximate surface area is 99.4 Å². The molecule has 0 spiro atoms. The van der Waals surface area contributed by atoms with Gasteiger partial charge in [0.25, 0.3) is 0 Å². The van der Waals surface area contributed by atoms with Gasteiger partial charge in [-0.15, -0.1) is 5.10 Å². The molecule has 3 rings (SSSR count). The van der Waals surface area contributed by atoms with E-state index in [1.54, 1.807) is 0 Å². The Morgan fingerprint density at radius 1 is 1.38 bits per heavy atom. The molecule has 1 saturated carbocycles. The minimum atomic E-state index is 0.585. The van der Waals surface area contributed by atoms with Gasteiger partial charge in [0, 0.05) is 5.75 Å². The van der Waals surface area contributed by atoms with Crippen LogP contribution in [0.5, 0.6) is 0 Å². The van der Waals surface area contributed by atoms with Crippen LogP contribution < -0.4 is 5.32 Å². The molecule has 2 aliphatic rings. The summed E-state index contributed by atoms with van der Waals surface area (Å²) in [6.45, 7) is 2.33. The molecule has 1 atom stereocenters. The van der Waals surface area contributed by atoms with E-state index in [4.69, 9.17) is 0 Å². The van der Waals surface area contributed by atoms with Crippen molar-refractivity contribution in [1.29, 1.82) is 0 Å². The first-order valence-corrected chi connectivity index (χ1v) is 7.03. The molecule has 1 aliphatic heterocycles. The molecule has 2 heterocycles. The first-order chi connectivity index (χ1) is 7.93. The highest BCUT2D eigenvalue weighted by molar-refractivity contribution is 7.99. The van der Waals surface area contributed by atoms with Crippen LogP contribution in [-0.4, -0.2) is 39.0 Å². The van der Waals surface area contributed by atoms with E-state index in [1.807, 2.05) is 16.4 Å². The van der Waals surface area contributed by atoms with Crippen LogP contribution >= 0.6 is 11.8 Å². The van der Waals surface area contributed by atoms with Crippen molar-refractivity contribution in [3.63, 3.8) is 0 Å². The van der Waals surface area contributed by atoms with Gasteiger partial charge in [-0.1, -0.05) is 11.8 Å². The van der Waals surface area contributed by atoms with Gasteiger partial charge in [-0.3, -0.25) is 0 Å². The number of piperidine rings is 1. The second-order valence-electron chi connectivity index (χ2n) is 4.66. The average molecular weight is 239 g/mol. The molecular formula is C10H17N5S. The normalized spacial score (nSPS) is 25.9.